The fourth-order valence-electron chi connectivity index (χ4n) is 3.03. The van der Waals surface area contributed by atoms with E-state index in [2.05, 4.69) is 0 Å². The van der Waals surface area contributed by atoms with Crippen molar-refractivity contribution in [2.45, 2.75) is 25.8 Å². The first-order chi connectivity index (χ1) is 10.9. The summed E-state index contributed by atoms with van der Waals surface area (Å²) in [5.74, 6) is -1.76. The number of rotatable bonds is 6. The van der Waals surface area contributed by atoms with Crippen molar-refractivity contribution in [1.82, 2.24) is 0 Å². The van der Waals surface area contributed by atoms with Gasteiger partial charge in [0.15, 0.2) is 0 Å². The van der Waals surface area contributed by atoms with Crippen molar-refractivity contribution in [1.29, 1.82) is 0 Å². The first-order valence-electron chi connectivity index (χ1n) is 7.94. The molecule has 23 heavy (non-hydrogen) atoms. The normalized spacial score (nSPS) is 48.8. The van der Waals surface area contributed by atoms with Crippen LogP contribution in [-0.2, 0) is 37.9 Å². The lowest BCUT2D eigenvalue weighted by Crippen LogP contribution is -2.60. The van der Waals surface area contributed by atoms with E-state index in [1.54, 1.807) is 13.8 Å². The standard InChI is InChI=1S/C15H24O8/c1-12-18-5-14(6-19-12,7-20-12)3-16-11-17-4-15-8-21-13(2,22-9-15)23-10-15/h3-11H2,1-2H3. The summed E-state index contributed by atoms with van der Waals surface area (Å²) in [6.07, 6.45) is 0. The average molecular weight is 332 g/mol. The Morgan fingerprint density at radius 2 is 0.913 bits per heavy atom. The molecule has 0 unspecified atom stereocenters. The second-order valence-electron chi connectivity index (χ2n) is 7.27. The monoisotopic (exact) mass is 332 g/mol. The largest absolute Gasteiger partial charge is 0.355 e. The van der Waals surface area contributed by atoms with Crippen LogP contribution in [0.4, 0.5) is 0 Å². The molecule has 0 N–H and O–H groups in total. The maximum atomic E-state index is 5.65. The summed E-state index contributed by atoms with van der Waals surface area (Å²) in [4.78, 5) is 0. The average Bonchev–Trinajstić information content (AvgIpc) is 2.58. The summed E-state index contributed by atoms with van der Waals surface area (Å²) < 4.78 is 44.6. The van der Waals surface area contributed by atoms with Gasteiger partial charge in [-0.1, -0.05) is 0 Å². The highest BCUT2D eigenvalue weighted by Crippen LogP contribution is 2.39. The summed E-state index contributed by atoms with van der Waals surface area (Å²) in [6, 6.07) is 0. The first-order valence-corrected chi connectivity index (χ1v) is 7.94. The molecular weight excluding hydrogens is 308 g/mol. The summed E-state index contributed by atoms with van der Waals surface area (Å²) >= 11 is 0. The Balaban J connectivity index is 1.17. The van der Waals surface area contributed by atoms with Crippen molar-refractivity contribution in [2.24, 2.45) is 10.8 Å². The van der Waals surface area contributed by atoms with E-state index >= 15 is 0 Å². The molecule has 0 radical (unpaired) electrons. The molecule has 0 amide bonds. The van der Waals surface area contributed by atoms with Crippen molar-refractivity contribution >= 4 is 0 Å². The van der Waals surface area contributed by atoms with Gasteiger partial charge in [-0.25, -0.2) is 0 Å². The molecule has 6 saturated heterocycles. The number of fused-ring (bicyclic) bond motifs is 6. The highest BCUT2D eigenvalue weighted by Gasteiger charge is 2.51. The van der Waals surface area contributed by atoms with Crippen molar-refractivity contribution in [3.8, 4) is 0 Å². The predicted octanol–water partition coefficient (Wildman–Crippen LogP) is 0.451. The number of hydrogen-bond acceptors (Lipinski definition) is 8. The van der Waals surface area contributed by atoms with Crippen LogP contribution in [0.3, 0.4) is 0 Å². The number of ether oxygens (including phenoxy) is 8. The van der Waals surface area contributed by atoms with E-state index in [0.717, 1.165) is 0 Å². The summed E-state index contributed by atoms with van der Waals surface area (Å²) in [6.45, 7) is 8.12. The van der Waals surface area contributed by atoms with Gasteiger partial charge in [0.1, 0.15) is 6.79 Å². The van der Waals surface area contributed by atoms with Crippen LogP contribution in [0.5, 0.6) is 0 Å². The fourth-order valence-corrected chi connectivity index (χ4v) is 3.03. The molecule has 8 heteroatoms. The Bertz CT molecular complexity index is 364. The van der Waals surface area contributed by atoms with Gasteiger partial charge in [-0.2, -0.15) is 0 Å². The van der Waals surface area contributed by atoms with E-state index in [1.807, 2.05) is 0 Å². The van der Waals surface area contributed by atoms with Gasteiger partial charge in [0.2, 0.25) is 0 Å². The zero-order chi connectivity index (χ0) is 16.0. The van der Waals surface area contributed by atoms with Crippen LogP contribution in [0.1, 0.15) is 13.8 Å². The van der Waals surface area contributed by atoms with Crippen LogP contribution in [0.25, 0.3) is 0 Å². The minimum Gasteiger partial charge on any atom is -0.355 e. The highest BCUT2D eigenvalue weighted by molar-refractivity contribution is 4.88. The van der Waals surface area contributed by atoms with Gasteiger partial charge in [0, 0.05) is 13.8 Å². The third kappa shape index (κ3) is 3.14. The second kappa shape index (κ2) is 5.60. The molecule has 6 aliphatic rings. The smallest absolute Gasteiger partial charge is 0.279 e. The molecule has 0 aromatic heterocycles. The molecule has 0 aliphatic carbocycles. The zero-order valence-electron chi connectivity index (χ0n) is 13.6. The predicted molar refractivity (Wildman–Crippen MR) is 74.2 cm³/mol. The van der Waals surface area contributed by atoms with Gasteiger partial charge in [-0.3, -0.25) is 0 Å². The van der Waals surface area contributed by atoms with Gasteiger partial charge < -0.3 is 37.9 Å². The van der Waals surface area contributed by atoms with Crippen molar-refractivity contribution < 1.29 is 37.9 Å². The minimum atomic E-state index is -0.881. The van der Waals surface area contributed by atoms with E-state index in [0.29, 0.717) is 52.9 Å². The topological polar surface area (TPSA) is 73.8 Å². The van der Waals surface area contributed by atoms with E-state index in [9.17, 15) is 0 Å². The molecule has 0 atom stereocenters. The maximum Gasteiger partial charge on any atom is 0.279 e. The molecule has 0 saturated carbocycles. The lowest BCUT2D eigenvalue weighted by atomic mass is 9.90. The van der Waals surface area contributed by atoms with Gasteiger partial charge in [0.05, 0.1) is 63.7 Å². The highest BCUT2D eigenvalue weighted by atomic mass is 16.9. The Kier molecular flexibility index (Phi) is 3.94. The number of hydrogen-bond donors (Lipinski definition) is 0. The van der Waals surface area contributed by atoms with Crippen LogP contribution in [0.2, 0.25) is 0 Å². The molecule has 0 aromatic rings. The van der Waals surface area contributed by atoms with E-state index in [4.69, 9.17) is 37.9 Å². The Morgan fingerprint density at radius 1 is 0.609 bits per heavy atom. The van der Waals surface area contributed by atoms with E-state index in [1.165, 1.54) is 0 Å². The lowest BCUT2D eigenvalue weighted by molar-refractivity contribution is -0.465. The Morgan fingerprint density at radius 3 is 1.22 bits per heavy atom. The van der Waals surface area contributed by atoms with E-state index in [-0.39, 0.29) is 17.6 Å². The van der Waals surface area contributed by atoms with Crippen molar-refractivity contribution in [3.05, 3.63) is 0 Å². The van der Waals surface area contributed by atoms with E-state index < -0.39 is 11.9 Å². The van der Waals surface area contributed by atoms with Crippen LogP contribution in [0.15, 0.2) is 0 Å². The molecule has 6 rings (SSSR count). The van der Waals surface area contributed by atoms with Crippen LogP contribution < -0.4 is 0 Å². The fraction of sp³-hybridized carbons (Fsp3) is 1.00. The molecule has 0 spiro atoms. The molecular formula is C15H24O8. The first kappa shape index (κ1) is 16.2. The Labute approximate surface area is 135 Å². The molecule has 0 aromatic carbocycles. The summed E-state index contributed by atoms with van der Waals surface area (Å²) in [5.41, 5.74) is -0.488. The van der Waals surface area contributed by atoms with Crippen molar-refractivity contribution in [3.63, 3.8) is 0 Å². The third-order valence-electron chi connectivity index (χ3n) is 4.83. The molecule has 6 aliphatic heterocycles. The quantitative estimate of drug-likeness (QED) is 0.513. The van der Waals surface area contributed by atoms with Gasteiger partial charge >= 0.3 is 0 Å². The molecule has 4 bridgehead atoms. The van der Waals surface area contributed by atoms with Gasteiger partial charge in [0.25, 0.3) is 11.9 Å². The second-order valence-corrected chi connectivity index (χ2v) is 7.27. The minimum absolute atomic E-state index is 0.192. The molecule has 6 heterocycles. The van der Waals surface area contributed by atoms with Crippen LogP contribution >= 0.6 is 0 Å². The lowest BCUT2D eigenvalue weighted by Gasteiger charge is -2.50. The van der Waals surface area contributed by atoms with Crippen LogP contribution in [-0.4, -0.2) is 71.6 Å². The van der Waals surface area contributed by atoms with Crippen molar-refractivity contribution in [2.75, 3.05) is 59.6 Å². The molecule has 6 fully saturated rings. The van der Waals surface area contributed by atoms with Crippen LogP contribution in [0, 0.1) is 10.8 Å². The molecule has 8 nitrogen and oxygen atoms in total. The summed E-state index contributed by atoms with van der Waals surface area (Å²) in [7, 11) is 0. The SMILES string of the molecule is CC12OCC(COCOCC34COC(C)(OC3)OC4)(CO1)CO2. The summed E-state index contributed by atoms with van der Waals surface area (Å²) in [5, 5.41) is 0. The van der Waals surface area contributed by atoms with Gasteiger partial charge in [-0.15, -0.1) is 0 Å². The zero-order valence-corrected chi connectivity index (χ0v) is 13.6. The maximum absolute atomic E-state index is 5.65. The molecule has 132 valence electrons. The van der Waals surface area contributed by atoms with Gasteiger partial charge in [-0.05, 0) is 0 Å². The Hall–Kier alpha value is -0.320. The third-order valence-corrected chi connectivity index (χ3v) is 4.83.